The molecule has 5 nitrogen and oxygen atoms in total. The number of nitrogens with one attached hydrogen (secondary N) is 2. The molecule has 0 saturated carbocycles. The number of aromatic amines is 1. The van der Waals surface area contributed by atoms with Crippen molar-refractivity contribution in [2.24, 2.45) is 5.92 Å². The van der Waals surface area contributed by atoms with E-state index in [1.165, 1.54) is 0 Å². The molecule has 3 rings (SSSR count). The molecule has 24 heavy (non-hydrogen) atoms. The number of benzene rings is 1. The van der Waals surface area contributed by atoms with Crippen LogP contribution in [0.3, 0.4) is 0 Å². The molecular weight excluding hydrogens is 326 g/mol. The molecule has 1 amide bonds. The summed E-state index contributed by atoms with van der Waals surface area (Å²) >= 11 is 0. The lowest BCUT2D eigenvalue weighted by atomic mass is 9.93. The Labute approximate surface area is 147 Å². The third-order valence-corrected chi connectivity index (χ3v) is 4.69. The van der Waals surface area contributed by atoms with Crippen molar-refractivity contribution in [3.8, 4) is 0 Å². The lowest BCUT2D eigenvalue weighted by molar-refractivity contribution is 0.0681. The molecule has 0 aliphatic carbocycles. The minimum Gasteiger partial charge on any atom is -0.337 e. The van der Waals surface area contributed by atoms with E-state index in [4.69, 9.17) is 0 Å². The van der Waals surface area contributed by atoms with Gasteiger partial charge < -0.3 is 15.2 Å². The Kier molecular flexibility index (Phi) is 6.40. The Bertz CT molecular complexity index is 751. The van der Waals surface area contributed by atoms with Gasteiger partial charge in [0.25, 0.3) is 11.5 Å². The molecule has 0 bridgehead atoms. The first-order valence-corrected chi connectivity index (χ1v) is 8.25. The Morgan fingerprint density at radius 3 is 2.71 bits per heavy atom. The standard InChI is InChI=1S/C18H23N3O2.ClH/c1-19-9-6-13-7-10-21(11-8-13)18(23)16-12-14-4-2-3-5-15(14)17(22)20-16;/h2-5,12-13,19H,6-11H2,1H3,(H,20,22);1H. The van der Waals surface area contributed by atoms with Gasteiger partial charge >= 0.3 is 0 Å². The Hall–Kier alpha value is -1.85. The number of piperidine rings is 1. The van der Waals surface area contributed by atoms with Crippen LogP contribution in [0.25, 0.3) is 10.8 Å². The molecule has 1 aliphatic heterocycles. The SMILES string of the molecule is CNCCC1CCN(C(=O)c2cc3ccccc3c(=O)[nH]2)CC1.Cl. The van der Waals surface area contributed by atoms with Gasteiger partial charge in [-0.3, -0.25) is 9.59 Å². The summed E-state index contributed by atoms with van der Waals surface area (Å²) < 4.78 is 0. The van der Waals surface area contributed by atoms with Crippen molar-refractivity contribution in [2.75, 3.05) is 26.7 Å². The number of pyridine rings is 1. The number of hydrogen-bond donors (Lipinski definition) is 2. The zero-order valence-electron chi connectivity index (χ0n) is 13.9. The van der Waals surface area contributed by atoms with Crippen molar-refractivity contribution in [1.82, 2.24) is 15.2 Å². The fraction of sp³-hybridized carbons (Fsp3) is 0.444. The number of halogens is 1. The molecular formula is C18H24ClN3O2. The van der Waals surface area contributed by atoms with Crippen LogP contribution in [0.4, 0.5) is 0 Å². The van der Waals surface area contributed by atoms with Crippen LogP contribution >= 0.6 is 12.4 Å². The van der Waals surface area contributed by atoms with Crippen molar-refractivity contribution >= 4 is 29.1 Å². The van der Waals surface area contributed by atoms with E-state index in [2.05, 4.69) is 10.3 Å². The summed E-state index contributed by atoms with van der Waals surface area (Å²) in [5.41, 5.74) is 0.192. The van der Waals surface area contributed by atoms with E-state index >= 15 is 0 Å². The largest absolute Gasteiger partial charge is 0.337 e. The smallest absolute Gasteiger partial charge is 0.270 e. The van der Waals surface area contributed by atoms with E-state index in [1.54, 1.807) is 12.1 Å². The van der Waals surface area contributed by atoms with E-state index in [-0.39, 0.29) is 23.9 Å². The molecule has 2 heterocycles. The molecule has 2 N–H and O–H groups in total. The zero-order chi connectivity index (χ0) is 16.2. The highest BCUT2D eigenvalue weighted by Gasteiger charge is 2.24. The minimum atomic E-state index is -0.199. The second-order valence-electron chi connectivity index (χ2n) is 6.23. The zero-order valence-corrected chi connectivity index (χ0v) is 14.7. The Balaban J connectivity index is 0.00000208. The van der Waals surface area contributed by atoms with Crippen LogP contribution in [-0.2, 0) is 0 Å². The normalized spacial score (nSPS) is 15.3. The van der Waals surface area contributed by atoms with Gasteiger partial charge in [0.15, 0.2) is 0 Å². The van der Waals surface area contributed by atoms with E-state index in [0.29, 0.717) is 17.0 Å². The maximum Gasteiger partial charge on any atom is 0.270 e. The van der Waals surface area contributed by atoms with Crippen molar-refractivity contribution in [3.63, 3.8) is 0 Å². The van der Waals surface area contributed by atoms with Crippen LogP contribution < -0.4 is 10.9 Å². The van der Waals surface area contributed by atoms with Crippen molar-refractivity contribution in [3.05, 3.63) is 46.4 Å². The fourth-order valence-electron chi connectivity index (χ4n) is 3.27. The molecule has 6 heteroatoms. The number of rotatable bonds is 4. The van der Waals surface area contributed by atoms with Crippen LogP contribution in [0.5, 0.6) is 0 Å². The molecule has 0 unspecified atom stereocenters. The molecule has 1 aliphatic rings. The van der Waals surface area contributed by atoms with Crippen LogP contribution in [0.1, 0.15) is 29.8 Å². The number of hydrogen-bond acceptors (Lipinski definition) is 3. The minimum absolute atomic E-state index is 0. The summed E-state index contributed by atoms with van der Waals surface area (Å²) in [6.07, 6.45) is 3.22. The summed E-state index contributed by atoms with van der Waals surface area (Å²) in [6, 6.07) is 9.13. The van der Waals surface area contributed by atoms with Crippen LogP contribution in [0.15, 0.2) is 35.1 Å². The maximum atomic E-state index is 12.7. The number of carbonyl (C=O) groups is 1. The molecule has 1 aromatic carbocycles. The first-order chi connectivity index (χ1) is 11.2. The number of likely N-dealkylation sites (tertiary alicyclic amines) is 1. The molecule has 0 radical (unpaired) electrons. The van der Waals surface area contributed by atoms with Gasteiger partial charge in [-0.05, 0) is 56.3 Å². The average molecular weight is 350 g/mol. The highest BCUT2D eigenvalue weighted by molar-refractivity contribution is 5.96. The van der Waals surface area contributed by atoms with Gasteiger partial charge in [-0.25, -0.2) is 0 Å². The van der Waals surface area contributed by atoms with Gasteiger partial charge in [-0.15, -0.1) is 12.4 Å². The third-order valence-electron chi connectivity index (χ3n) is 4.69. The van der Waals surface area contributed by atoms with E-state index < -0.39 is 0 Å². The van der Waals surface area contributed by atoms with Crippen LogP contribution in [0, 0.1) is 5.92 Å². The van der Waals surface area contributed by atoms with Gasteiger partial charge in [0, 0.05) is 18.5 Å². The number of nitrogens with zero attached hydrogens (tertiary/aromatic N) is 1. The second-order valence-corrected chi connectivity index (χ2v) is 6.23. The number of carbonyl (C=O) groups excluding carboxylic acids is 1. The van der Waals surface area contributed by atoms with E-state index in [1.807, 2.05) is 30.1 Å². The highest BCUT2D eigenvalue weighted by Crippen LogP contribution is 2.21. The maximum absolute atomic E-state index is 12.7. The fourth-order valence-corrected chi connectivity index (χ4v) is 3.27. The molecule has 2 aromatic rings. The van der Waals surface area contributed by atoms with Crippen molar-refractivity contribution in [1.29, 1.82) is 0 Å². The number of H-pyrrole nitrogens is 1. The summed E-state index contributed by atoms with van der Waals surface area (Å²) in [6.45, 7) is 2.56. The van der Waals surface area contributed by atoms with Crippen LogP contribution in [0.2, 0.25) is 0 Å². The quantitative estimate of drug-likeness (QED) is 0.890. The monoisotopic (exact) mass is 349 g/mol. The molecule has 0 spiro atoms. The lowest BCUT2D eigenvalue weighted by Crippen LogP contribution is -2.39. The first-order valence-electron chi connectivity index (χ1n) is 8.25. The van der Waals surface area contributed by atoms with Gasteiger partial charge in [0.2, 0.25) is 0 Å². The molecule has 1 saturated heterocycles. The predicted octanol–water partition coefficient (Wildman–Crippen LogP) is 2.41. The number of amides is 1. The van der Waals surface area contributed by atoms with Gasteiger partial charge in [0.1, 0.15) is 5.69 Å². The van der Waals surface area contributed by atoms with Crippen LogP contribution in [-0.4, -0.2) is 42.5 Å². The highest BCUT2D eigenvalue weighted by atomic mass is 35.5. The Morgan fingerprint density at radius 1 is 1.29 bits per heavy atom. The summed E-state index contributed by atoms with van der Waals surface area (Å²) in [4.78, 5) is 29.4. The number of aromatic nitrogens is 1. The second kappa shape index (κ2) is 8.31. The van der Waals surface area contributed by atoms with Gasteiger partial charge in [0.05, 0.1) is 0 Å². The van der Waals surface area contributed by atoms with Crippen molar-refractivity contribution in [2.45, 2.75) is 19.3 Å². The molecule has 1 fully saturated rings. The molecule has 130 valence electrons. The molecule has 1 aromatic heterocycles. The number of fused-ring (bicyclic) bond motifs is 1. The van der Waals surface area contributed by atoms with E-state index in [9.17, 15) is 9.59 Å². The van der Waals surface area contributed by atoms with Gasteiger partial charge in [-0.2, -0.15) is 0 Å². The van der Waals surface area contributed by atoms with E-state index in [0.717, 1.165) is 44.3 Å². The Morgan fingerprint density at radius 2 is 2.00 bits per heavy atom. The van der Waals surface area contributed by atoms with Crippen molar-refractivity contribution < 1.29 is 4.79 Å². The van der Waals surface area contributed by atoms with Gasteiger partial charge in [-0.1, -0.05) is 18.2 Å². The molecule has 0 atom stereocenters. The topological polar surface area (TPSA) is 65.2 Å². The first kappa shape index (κ1) is 18.5. The summed E-state index contributed by atoms with van der Waals surface area (Å²) in [5.74, 6) is 0.613. The lowest BCUT2D eigenvalue weighted by Gasteiger charge is -2.32. The summed E-state index contributed by atoms with van der Waals surface area (Å²) in [7, 11) is 1.97. The predicted molar refractivity (Wildman–Crippen MR) is 99.0 cm³/mol. The average Bonchev–Trinajstić information content (AvgIpc) is 2.60. The third kappa shape index (κ3) is 3.97. The summed E-state index contributed by atoms with van der Waals surface area (Å²) in [5, 5.41) is 4.61.